The molecule has 0 aromatic heterocycles. The highest BCUT2D eigenvalue weighted by Crippen LogP contribution is 2.17. The van der Waals surface area contributed by atoms with Gasteiger partial charge in [0.25, 0.3) is 0 Å². The van der Waals surface area contributed by atoms with Crippen LogP contribution in [-0.2, 0) is 10.0 Å². The molecule has 0 bridgehead atoms. The van der Waals surface area contributed by atoms with Crippen molar-refractivity contribution in [3.8, 4) is 0 Å². The highest BCUT2D eigenvalue weighted by Gasteiger charge is 2.23. The molecule has 0 saturated heterocycles. The van der Waals surface area contributed by atoms with Gasteiger partial charge in [0.05, 0.1) is 4.90 Å². The average Bonchev–Trinajstić information content (AvgIpc) is 2.35. The van der Waals surface area contributed by atoms with Crippen LogP contribution < -0.4 is 0 Å². The monoisotopic (exact) mass is 337 g/mol. The fraction of sp³-hybridized carbons (Fsp3) is 0.500. The van der Waals surface area contributed by atoms with Crippen LogP contribution in [0.3, 0.4) is 0 Å². The van der Waals surface area contributed by atoms with Gasteiger partial charge in [-0.3, -0.25) is 0 Å². The first kappa shape index (κ1) is 15.6. The number of hydrogen-bond acceptors (Lipinski definition) is 2. The zero-order valence-electron chi connectivity index (χ0n) is 10.3. The number of hydrogen-bond donors (Lipinski definition) is 0. The lowest BCUT2D eigenvalue weighted by molar-refractivity contribution is 0.422. The van der Waals surface area contributed by atoms with Gasteiger partial charge in [-0.05, 0) is 30.7 Å². The molecule has 0 amide bonds. The van der Waals surface area contributed by atoms with E-state index in [0.717, 1.165) is 12.8 Å². The van der Waals surface area contributed by atoms with Crippen LogP contribution in [0.2, 0.25) is 0 Å². The first-order valence-corrected chi connectivity index (χ1v) is 8.40. The topological polar surface area (TPSA) is 37.4 Å². The quantitative estimate of drug-likeness (QED) is 0.717. The van der Waals surface area contributed by atoms with Gasteiger partial charge in [0, 0.05) is 18.4 Å². The van der Waals surface area contributed by atoms with Gasteiger partial charge in [0.2, 0.25) is 10.0 Å². The van der Waals surface area contributed by atoms with Crippen molar-refractivity contribution in [3.63, 3.8) is 0 Å². The summed E-state index contributed by atoms with van der Waals surface area (Å²) in [6.07, 6.45) is 1.74. The van der Waals surface area contributed by atoms with E-state index in [-0.39, 0.29) is 4.90 Å². The summed E-state index contributed by atoms with van der Waals surface area (Å²) in [5.41, 5.74) is 0. The molecule has 6 heteroatoms. The van der Waals surface area contributed by atoms with Crippen molar-refractivity contribution in [2.45, 2.75) is 24.7 Å². The number of halogens is 2. The third-order valence-electron chi connectivity index (χ3n) is 2.55. The highest BCUT2D eigenvalue weighted by atomic mass is 79.9. The Labute approximate surface area is 116 Å². The van der Waals surface area contributed by atoms with Crippen molar-refractivity contribution in [2.24, 2.45) is 0 Å². The molecule has 0 aliphatic rings. The number of nitrogens with zero attached hydrogens (tertiary/aromatic N) is 1. The van der Waals surface area contributed by atoms with E-state index in [4.69, 9.17) is 0 Å². The standard InChI is InChI=1S/C12H17BrFNO2S/c1-2-3-9-15(10-8-13)18(16,17)12-6-4-11(14)5-7-12/h4-7H,2-3,8-10H2,1H3. The molecule has 0 atom stereocenters. The minimum Gasteiger partial charge on any atom is -0.207 e. The second-order valence-corrected chi connectivity index (χ2v) is 6.63. The minimum absolute atomic E-state index is 0.140. The van der Waals surface area contributed by atoms with E-state index in [9.17, 15) is 12.8 Å². The van der Waals surface area contributed by atoms with Crippen LogP contribution in [0, 0.1) is 5.82 Å². The van der Waals surface area contributed by atoms with Gasteiger partial charge < -0.3 is 0 Å². The van der Waals surface area contributed by atoms with Gasteiger partial charge in [-0.25, -0.2) is 12.8 Å². The predicted octanol–water partition coefficient (Wildman–Crippen LogP) is 3.01. The lowest BCUT2D eigenvalue weighted by Crippen LogP contribution is -2.33. The third kappa shape index (κ3) is 4.03. The number of benzene rings is 1. The van der Waals surface area contributed by atoms with E-state index in [0.29, 0.717) is 18.4 Å². The van der Waals surface area contributed by atoms with E-state index in [2.05, 4.69) is 15.9 Å². The molecule has 1 rings (SSSR count). The second-order valence-electron chi connectivity index (χ2n) is 3.90. The molecule has 0 spiro atoms. The smallest absolute Gasteiger partial charge is 0.207 e. The van der Waals surface area contributed by atoms with Crippen molar-refractivity contribution >= 4 is 26.0 Å². The summed E-state index contributed by atoms with van der Waals surface area (Å²) in [5.74, 6) is -0.436. The Morgan fingerprint density at radius 1 is 1.22 bits per heavy atom. The van der Waals surface area contributed by atoms with Gasteiger partial charge in [0.1, 0.15) is 5.82 Å². The Morgan fingerprint density at radius 2 is 1.83 bits per heavy atom. The van der Waals surface area contributed by atoms with Gasteiger partial charge in [-0.1, -0.05) is 29.3 Å². The Bertz CT molecular complexity index is 461. The molecule has 0 fully saturated rings. The molecule has 0 N–H and O–H groups in total. The van der Waals surface area contributed by atoms with Crippen LogP contribution in [0.5, 0.6) is 0 Å². The number of unbranched alkanes of at least 4 members (excludes halogenated alkanes) is 1. The summed E-state index contributed by atoms with van der Waals surface area (Å²) in [6, 6.07) is 4.94. The molecule has 1 aromatic rings. The lowest BCUT2D eigenvalue weighted by atomic mass is 10.3. The van der Waals surface area contributed by atoms with Crippen molar-refractivity contribution in [3.05, 3.63) is 30.1 Å². The molecule has 0 saturated carbocycles. The molecule has 0 radical (unpaired) electrons. The summed E-state index contributed by atoms with van der Waals surface area (Å²) in [5, 5.41) is 0.580. The van der Waals surface area contributed by atoms with Gasteiger partial charge in [-0.2, -0.15) is 4.31 Å². The third-order valence-corrected chi connectivity index (χ3v) is 4.81. The van der Waals surface area contributed by atoms with E-state index in [1.165, 1.54) is 28.6 Å². The fourth-order valence-corrected chi connectivity index (χ4v) is 3.68. The van der Waals surface area contributed by atoms with Gasteiger partial charge in [0.15, 0.2) is 0 Å². The van der Waals surface area contributed by atoms with E-state index in [1.54, 1.807) is 0 Å². The summed E-state index contributed by atoms with van der Waals surface area (Å²) in [4.78, 5) is 0.140. The summed E-state index contributed by atoms with van der Waals surface area (Å²) >= 11 is 3.25. The normalized spacial score (nSPS) is 12.0. The van der Waals surface area contributed by atoms with Crippen LogP contribution in [0.15, 0.2) is 29.2 Å². The van der Waals surface area contributed by atoms with Crippen molar-refractivity contribution < 1.29 is 12.8 Å². The molecule has 102 valence electrons. The summed E-state index contributed by atoms with van der Waals surface area (Å²) in [7, 11) is -3.52. The molecule has 0 unspecified atom stereocenters. The Balaban J connectivity index is 2.96. The fourth-order valence-electron chi connectivity index (χ4n) is 1.54. The van der Waals surface area contributed by atoms with Crippen LogP contribution >= 0.6 is 15.9 Å². The molecule has 0 aliphatic heterocycles. The maximum absolute atomic E-state index is 12.8. The Hall–Kier alpha value is -0.460. The van der Waals surface area contributed by atoms with E-state index >= 15 is 0 Å². The van der Waals surface area contributed by atoms with Crippen molar-refractivity contribution in [1.29, 1.82) is 0 Å². The molecular formula is C12H17BrFNO2S. The summed E-state index contributed by atoms with van der Waals surface area (Å²) in [6.45, 7) is 2.92. The number of rotatable bonds is 7. The first-order valence-electron chi connectivity index (χ1n) is 5.84. The SMILES string of the molecule is CCCCN(CCBr)S(=O)(=O)c1ccc(F)cc1. The molecule has 3 nitrogen and oxygen atoms in total. The van der Waals surface area contributed by atoms with Crippen molar-refractivity contribution in [1.82, 2.24) is 4.31 Å². The largest absolute Gasteiger partial charge is 0.243 e. The average molecular weight is 338 g/mol. The predicted molar refractivity (Wildman–Crippen MR) is 73.9 cm³/mol. The zero-order valence-corrected chi connectivity index (χ0v) is 12.7. The minimum atomic E-state index is -3.52. The van der Waals surface area contributed by atoms with Gasteiger partial charge in [-0.15, -0.1) is 0 Å². The van der Waals surface area contributed by atoms with Crippen LogP contribution in [0.25, 0.3) is 0 Å². The van der Waals surface area contributed by atoms with Gasteiger partial charge >= 0.3 is 0 Å². The van der Waals surface area contributed by atoms with Crippen LogP contribution in [-0.4, -0.2) is 31.1 Å². The van der Waals surface area contributed by atoms with E-state index < -0.39 is 15.8 Å². The number of alkyl halides is 1. The molecule has 18 heavy (non-hydrogen) atoms. The number of sulfonamides is 1. The second kappa shape index (κ2) is 7.21. The Morgan fingerprint density at radius 3 is 2.33 bits per heavy atom. The molecular weight excluding hydrogens is 321 g/mol. The zero-order chi connectivity index (χ0) is 13.6. The van der Waals surface area contributed by atoms with Crippen LogP contribution in [0.1, 0.15) is 19.8 Å². The maximum Gasteiger partial charge on any atom is 0.243 e. The molecule has 0 heterocycles. The Kier molecular flexibility index (Phi) is 6.25. The maximum atomic E-state index is 12.8. The van der Waals surface area contributed by atoms with Crippen LogP contribution in [0.4, 0.5) is 4.39 Å². The first-order chi connectivity index (χ1) is 8.52. The van der Waals surface area contributed by atoms with E-state index in [1.807, 2.05) is 6.92 Å². The molecule has 0 aliphatic carbocycles. The lowest BCUT2D eigenvalue weighted by Gasteiger charge is -2.21. The van der Waals surface area contributed by atoms with Crippen molar-refractivity contribution in [2.75, 3.05) is 18.4 Å². The summed E-state index contributed by atoms with van der Waals surface area (Å²) < 4.78 is 38.9. The highest BCUT2D eigenvalue weighted by molar-refractivity contribution is 9.09. The molecule has 1 aromatic carbocycles.